The third-order valence-corrected chi connectivity index (χ3v) is 9.48. The van der Waals surface area contributed by atoms with Crippen molar-refractivity contribution in [2.75, 3.05) is 40.9 Å². The zero-order valence-electron chi connectivity index (χ0n) is 30.4. The van der Waals surface area contributed by atoms with Crippen LogP contribution < -0.4 is 18.9 Å². The lowest BCUT2D eigenvalue weighted by atomic mass is 10.1. The SMILES string of the molecule is COc1ccc(C(=O)CCCl)cc1OC.COc1ccc(C2=NN(C(=O)Cc3ccc4nsnc4c3)CC2)cc1OC.O=C(O)Cc1ccc2nsnc2c1. The van der Waals surface area contributed by atoms with Gasteiger partial charge in [-0.25, -0.2) is 5.01 Å². The summed E-state index contributed by atoms with van der Waals surface area (Å²) in [7, 11) is 6.29. The number of carbonyl (C=O) groups excluding carboxylic acids is 2. The number of carbonyl (C=O) groups is 3. The Balaban J connectivity index is 0.000000175. The molecule has 1 N–H and O–H groups in total. The molecule has 4 aromatic carbocycles. The Morgan fingerprint density at radius 3 is 1.80 bits per heavy atom. The highest BCUT2D eigenvalue weighted by molar-refractivity contribution is 7.00. The molecule has 0 unspecified atom stereocenters. The molecule has 17 heteroatoms. The molecule has 0 aliphatic carbocycles. The molecule has 0 bridgehead atoms. The number of alkyl halides is 1. The van der Waals surface area contributed by atoms with E-state index in [9.17, 15) is 14.4 Å². The first-order valence-electron chi connectivity index (χ1n) is 16.7. The number of carboxylic acids is 1. The summed E-state index contributed by atoms with van der Waals surface area (Å²) in [6.07, 6.45) is 1.36. The number of hydrogen-bond acceptors (Lipinski definition) is 14. The van der Waals surface area contributed by atoms with E-state index in [-0.39, 0.29) is 24.5 Å². The number of Topliss-reactive ketones (excluding diaryl/α,β-unsaturated/α-hetero) is 1. The molecule has 1 aliphatic heterocycles. The van der Waals surface area contributed by atoms with Crippen LogP contribution in [0.25, 0.3) is 22.1 Å². The van der Waals surface area contributed by atoms with E-state index in [1.165, 1.54) is 23.8 Å². The summed E-state index contributed by atoms with van der Waals surface area (Å²) in [6.45, 7) is 0.572. The number of aromatic nitrogens is 4. The molecule has 3 heterocycles. The van der Waals surface area contributed by atoms with E-state index < -0.39 is 5.97 Å². The van der Waals surface area contributed by atoms with Crippen LogP contribution >= 0.6 is 35.1 Å². The van der Waals surface area contributed by atoms with Gasteiger partial charge in [0.2, 0.25) is 5.91 Å². The predicted octanol–water partition coefficient (Wildman–Crippen LogP) is 6.72. The largest absolute Gasteiger partial charge is 0.493 e. The number of ether oxygens (including phenoxy) is 4. The number of amides is 1. The molecule has 0 saturated carbocycles. The fraction of sp³-hybridized carbons (Fsp3) is 0.263. The number of hydrazone groups is 1. The average molecular weight is 805 g/mol. The number of nitrogens with zero attached hydrogens (tertiary/aromatic N) is 6. The molecule has 0 saturated heterocycles. The quantitative estimate of drug-likeness (QED) is 0.102. The third-order valence-electron chi connectivity index (χ3n) is 8.18. The van der Waals surface area contributed by atoms with Crippen LogP contribution in [0.3, 0.4) is 0 Å². The van der Waals surface area contributed by atoms with E-state index in [0.29, 0.717) is 53.8 Å². The minimum atomic E-state index is -0.831. The highest BCUT2D eigenvalue weighted by Gasteiger charge is 2.23. The van der Waals surface area contributed by atoms with Crippen molar-refractivity contribution in [2.45, 2.75) is 25.7 Å². The summed E-state index contributed by atoms with van der Waals surface area (Å²) in [4.78, 5) is 34.6. The maximum atomic E-state index is 12.6. The molecule has 1 amide bonds. The van der Waals surface area contributed by atoms with Crippen LogP contribution in [0, 0.1) is 0 Å². The van der Waals surface area contributed by atoms with Gasteiger partial charge in [0, 0.05) is 29.8 Å². The number of hydrogen-bond donors (Lipinski definition) is 1. The fourth-order valence-electron chi connectivity index (χ4n) is 5.41. The molecule has 14 nitrogen and oxygen atoms in total. The lowest BCUT2D eigenvalue weighted by Crippen LogP contribution is -2.25. The molecule has 0 spiro atoms. The van der Waals surface area contributed by atoms with Gasteiger partial charge in [-0.3, -0.25) is 14.4 Å². The van der Waals surface area contributed by atoms with Crippen LogP contribution in [-0.4, -0.2) is 91.8 Å². The van der Waals surface area contributed by atoms with Crippen LogP contribution in [-0.2, 0) is 22.4 Å². The molecule has 1 aliphatic rings. The van der Waals surface area contributed by atoms with Crippen molar-refractivity contribution in [1.29, 1.82) is 0 Å². The van der Waals surface area contributed by atoms with Gasteiger partial charge in [-0.05, 0) is 71.8 Å². The number of methoxy groups -OCH3 is 4. The van der Waals surface area contributed by atoms with Gasteiger partial charge >= 0.3 is 5.97 Å². The van der Waals surface area contributed by atoms with Crippen molar-refractivity contribution in [3.8, 4) is 23.0 Å². The molecular formula is C38H37ClN6O8S2. The van der Waals surface area contributed by atoms with E-state index in [1.807, 2.05) is 36.4 Å². The highest BCUT2D eigenvalue weighted by atomic mass is 35.5. The van der Waals surface area contributed by atoms with Gasteiger partial charge in [0.25, 0.3) is 0 Å². The van der Waals surface area contributed by atoms with Gasteiger partial charge in [0.05, 0.1) is 77.0 Å². The summed E-state index contributed by atoms with van der Waals surface area (Å²) >= 11 is 7.81. The van der Waals surface area contributed by atoms with Gasteiger partial charge < -0.3 is 24.1 Å². The Morgan fingerprint density at radius 1 is 0.691 bits per heavy atom. The summed E-state index contributed by atoms with van der Waals surface area (Å²) in [5.74, 6) is 1.94. The van der Waals surface area contributed by atoms with E-state index in [2.05, 4.69) is 22.6 Å². The van der Waals surface area contributed by atoms with E-state index in [1.54, 1.807) is 57.7 Å². The molecule has 0 fully saturated rings. The number of rotatable bonds is 12. The van der Waals surface area contributed by atoms with Crippen LogP contribution in [0.15, 0.2) is 77.9 Å². The van der Waals surface area contributed by atoms with Crippen molar-refractivity contribution in [1.82, 2.24) is 22.5 Å². The first-order chi connectivity index (χ1) is 26.7. The predicted molar refractivity (Wildman–Crippen MR) is 212 cm³/mol. The zero-order chi connectivity index (χ0) is 39.3. The monoisotopic (exact) mass is 804 g/mol. The molecule has 7 rings (SSSR count). The molecule has 0 atom stereocenters. The second kappa shape index (κ2) is 19.6. The average Bonchev–Trinajstić information content (AvgIpc) is 3.99. The smallest absolute Gasteiger partial charge is 0.307 e. The van der Waals surface area contributed by atoms with Gasteiger partial charge in [0.1, 0.15) is 22.1 Å². The standard InChI is InChI=1S/C19H18N4O3S.C11H13ClO3.C8H6N2O2S/c1-25-17-6-4-13(11-18(17)26-2)14-7-8-23(20-14)19(24)10-12-3-5-15-16(9-12)22-27-21-15;1-14-10-4-3-8(7-11(10)15-2)9(13)5-6-12;11-8(12)4-5-1-2-6-7(3-5)10-13-9-6/h3-6,9,11H,7-8,10H2,1-2H3;3-4,7H,5-6H2,1-2H3;1-3H,4H2,(H,11,12). The fourth-order valence-corrected chi connectivity index (χ4v) is 6.62. The number of carboxylic acid groups (broad SMARTS) is 1. The summed E-state index contributed by atoms with van der Waals surface area (Å²) in [5, 5.41) is 14.6. The molecule has 6 aromatic rings. The van der Waals surface area contributed by atoms with Gasteiger partial charge in [0.15, 0.2) is 28.8 Å². The molecule has 286 valence electrons. The normalized spacial score (nSPS) is 11.9. The lowest BCUT2D eigenvalue weighted by Gasteiger charge is -2.11. The highest BCUT2D eigenvalue weighted by Crippen LogP contribution is 2.30. The Hall–Kier alpha value is -5.71. The topological polar surface area (TPSA) is 176 Å². The second-order valence-electron chi connectivity index (χ2n) is 11.7. The van der Waals surface area contributed by atoms with Crippen LogP contribution in [0.2, 0.25) is 0 Å². The van der Waals surface area contributed by atoms with Crippen LogP contribution in [0.4, 0.5) is 0 Å². The van der Waals surface area contributed by atoms with Crippen molar-refractivity contribution < 1.29 is 38.4 Å². The minimum absolute atomic E-state index is 0.00551. The van der Waals surface area contributed by atoms with Crippen molar-refractivity contribution >= 4 is 80.5 Å². The molecular weight excluding hydrogens is 768 g/mol. The third kappa shape index (κ3) is 10.7. The summed E-state index contributed by atoms with van der Waals surface area (Å²) in [6, 6.07) is 21.8. The maximum Gasteiger partial charge on any atom is 0.307 e. The second-order valence-corrected chi connectivity index (χ2v) is 13.2. The Bertz CT molecular complexity index is 2310. The van der Waals surface area contributed by atoms with E-state index in [0.717, 1.165) is 56.2 Å². The van der Waals surface area contributed by atoms with Crippen molar-refractivity contribution in [2.24, 2.45) is 5.10 Å². The van der Waals surface area contributed by atoms with Gasteiger partial charge in [-0.2, -0.15) is 22.6 Å². The number of ketones is 1. The molecule has 0 radical (unpaired) electrons. The lowest BCUT2D eigenvalue weighted by molar-refractivity contribution is -0.136. The van der Waals surface area contributed by atoms with Crippen molar-refractivity contribution in [3.05, 3.63) is 95.1 Å². The van der Waals surface area contributed by atoms with Crippen LogP contribution in [0.5, 0.6) is 23.0 Å². The van der Waals surface area contributed by atoms with E-state index in [4.69, 9.17) is 35.7 Å². The first kappa shape index (κ1) is 40.5. The maximum absolute atomic E-state index is 12.6. The first-order valence-corrected chi connectivity index (χ1v) is 18.7. The Labute approximate surface area is 329 Å². The Morgan fingerprint density at radius 2 is 1.24 bits per heavy atom. The summed E-state index contributed by atoms with van der Waals surface area (Å²) in [5.41, 5.74) is 7.31. The number of aliphatic carboxylic acids is 1. The van der Waals surface area contributed by atoms with Crippen molar-refractivity contribution in [3.63, 3.8) is 0 Å². The van der Waals surface area contributed by atoms with Crippen LogP contribution in [0.1, 0.15) is 39.9 Å². The minimum Gasteiger partial charge on any atom is -0.493 e. The van der Waals surface area contributed by atoms with E-state index >= 15 is 0 Å². The molecule has 55 heavy (non-hydrogen) atoms. The van der Waals surface area contributed by atoms with Gasteiger partial charge in [-0.1, -0.05) is 12.1 Å². The van der Waals surface area contributed by atoms with Gasteiger partial charge in [-0.15, -0.1) is 11.6 Å². The number of halogens is 1. The Kier molecular flexibility index (Phi) is 14.4. The molecule has 2 aromatic heterocycles. The number of benzene rings is 4. The number of fused-ring (bicyclic) bond motifs is 2. The summed E-state index contributed by atoms with van der Waals surface area (Å²) < 4.78 is 37.2. The zero-order valence-corrected chi connectivity index (χ0v) is 32.7.